The molecule has 6 heteroatoms. The molecule has 0 heterocycles. The zero-order valence-electron chi connectivity index (χ0n) is 14.8. The lowest BCUT2D eigenvalue weighted by molar-refractivity contribution is 0.0454. The van der Waals surface area contributed by atoms with Gasteiger partial charge < -0.3 is 19.5 Å². The minimum Gasteiger partial charge on any atom is -0.493 e. The topological polar surface area (TPSA) is 73.9 Å². The van der Waals surface area contributed by atoms with E-state index in [4.69, 9.17) is 14.2 Å². The van der Waals surface area contributed by atoms with E-state index in [0.717, 1.165) is 0 Å². The third-order valence-corrected chi connectivity index (χ3v) is 3.03. The Balaban J connectivity index is 2.96. The van der Waals surface area contributed by atoms with Crippen LogP contribution in [0.2, 0.25) is 0 Å². The lowest BCUT2D eigenvalue weighted by atomic mass is 9.93. The number of methoxy groups -OCH3 is 2. The maximum Gasteiger partial charge on any atom is 0.408 e. The molecule has 1 aromatic carbocycles. The van der Waals surface area contributed by atoms with Gasteiger partial charge in [0.15, 0.2) is 17.3 Å². The second-order valence-corrected chi connectivity index (χ2v) is 6.65. The molecule has 0 unspecified atom stereocenters. The molecule has 0 atom stereocenters. The molecule has 128 valence electrons. The van der Waals surface area contributed by atoms with Gasteiger partial charge in [0.2, 0.25) is 0 Å². The van der Waals surface area contributed by atoms with Crippen LogP contribution in [0, 0.1) is 0 Å². The monoisotopic (exact) mass is 323 g/mol. The van der Waals surface area contributed by atoms with Gasteiger partial charge in [0.25, 0.3) is 0 Å². The Hall–Kier alpha value is -2.24. The predicted octanol–water partition coefficient (Wildman–Crippen LogP) is 3.19. The normalized spacial score (nSPS) is 11.6. The molecule has 1 N–H and O–H groups in total. The maximum absolute atomic E-state index is 12.7. The van der Waals surface area contributed by atoms with Crippen LogP contribution in [0.15, 0.2) is 18.2 Å². The fourth-order valence-corrected chi connectivity index (χ4v) is 1.95. The van der Waals surface area contributed by atoms with Crippen molar-refractivity contribution in [1.29, 1.82) is 0 Å². The molecule has 0 radical (unpaired) electrons. The highest BCUT2D eigenvalue weighted by Crippen LogP contribution is 2.29. The summed E-state index contributed by atoms with van der Waals surface area (Å²) in [5.41, 5.74) is -1.35. The number of amides is 1. The molecule has 23 heavy (non-hydrogen) atoms. The average molecular weight is 323 g/mol. The van der Waals surface area contributed by atoms with E-state index in [-0.39, 0.29) is 5.78 Å². The fraction of sp³-hybridized carbons (Fsp3) is 0.529. The third kappa shape index (κ3) is 5.16. The van der Waals surface area contributed by atoms with E-state index in [1.54, 1.807) is 52.8 Å². The van der Waals surface area contributed by atoms with Crippen molar-refractivity contribution < 1.29 is 23.8 Å². The number of rotatable bonds is 5. The Bertz CT molecular complexity index is 587. The van der Waals surface area contributed by atoms with Gasteiger partial charge >= 0.3 is 6.09 Å². The highest BCUT2D eigenvalue weighted by atomic mass is 16.6. The summed E-state index contributed by atoms with van der Waals surface area (Å²) in [4.78, 5) is 24.6. The van der Waals surface area contributed by atoms with E-state index in [9.17, 15) is 9.59 Å². The van der Waals surface area contributed by atoms with Gasteiger partial charge in [0, 0.05) is 5.56 Å². The lowest BCUT2D eigenvalue weighted by Gasteiger charge is -2.27. The first kappa shape index (κ1) is 18.8. The number of Topliss-reactive ketones (excluding diaryl/α,β-unsaturated/α-hetero) is 1. The smallest absolute Gasteiger partial charge is 0.408 e. The molecule has 0 saturated carbocycles. The highest BCUT2D eigenvalue weighted by molar-refractivity contribution is 6.04. The summed E-state index contributed by atoms with van der Waals surface area (Å²) in [7, 11) is 3.02. The SMILES string of the molecule is COc1ccc(C(=O)C(C)(C)NC(=O)OC(C)(C)C)cc1OC. The van der Waals surface area contributed by atoms with Gasteiger partial charge in [-0.1, -0.05) is 0 Å². The number of ether oxygens (including phenoxy) is 3. The van der Waals surface area contributed by atoms with Gasteiger partial charge in [-0.3, -0.25) is 4.79 Å². The number of alkyl carbamates (subject to hydrolysis) is 1. The maximum atomic E-state index is 12.7. The number of carbonyl (C=O) groups is 2. The van der Waals surface area contributed by atoms with Crippen molar-refractivity contribution in [3.63, 3.8) is 0 Å². The van der Waals surface area contributed by atoms with Crippen LogP contribution in [-0.4, -0.2) is 37.2 Å². The standard InChI is InChI=1S/C17H25NO5/c1-16(2,3)23-15(20)18-17(4,5)14(19)11-8-9-12(21-6)13(10-11)22-7/h8-10H,1-7H3,(H,18,20). The van der Waals surface area contributed by atoms with Crippen molar-refractivity contribution in [2.75, 3.05) is 14.2 Å². The molecule has 1 aromatic rings. The van der Waals surface area contributed by atoms with Gasteiger partial charge in [-0.2, -0.15) is 0 Å². The van der Waals surface area contributed by atoms with Crippen LogP contribution in [0.1, 0.15) is 45.0 Å². The Morgan fingerprint density at radius 2 is 1.52 bits per heavy atom. The summed E-state index contributed by atoms with van der Waals surface area (Å²) in [5.74, 6) is 0.720. The Morgan fingerprint density at radius 1 is 0.957 bits per heavy atom. The first-order valence-corrected chi connectivity index (χ1v) is 7.28. The number of benzene rings is 1. The van der Waals surface area contributed by atoms with Crippen LogP contribution in [0.5, 0.6) is 11.5 Å². The second-order valence-electron chi connectivity index (χ2n) is 6.65. The number of hydrogen-bond donors (Lipinski definition) is 1. The molecule has 0 aromatic heterocycles. The molecule has 0 saturated heterocycles. The largest absolute Gasteiger partial charge is 0.493 e. The third-order valence-electron chi connectivity index (χ3n) is 3.03. The summed E-state index contributed by atoms with van der Waals surface area (Å²) in [6, 6.07) is 4.86. The minimum atomic E-state index is -1.12. The van der Waals surface area contributed by atoms with Gasteiger partial charge in [0.1, 0.15) is 11.1 Å². The Kier molecular flexibility index (Phi) is 5.64. The van der Waals surface area contributed by atoms with E-state index >= 15 is 0 Å². The number of ketones is 1. The van der Waals surface area contributed by atoms with E-state index in [2.05, 4.69) is 5.32 Å². The highest BCUT2D eigenvalue weighted by Gasteiger charge is 2.32. The van der Waals surface area contributed by atoms with Crippen molar-refractivity contribution in [3.05, 3.63) is 23.8 Å². The van der Waals surface area contributed by atoms with Crippen molar-refractivity contribution in [2.45, 2.75) is 45.8 Å². The van der Waals surface area contributed by atoms with Crippen molar-refractivity contribution in [1.82, 2.24) is 5.32 Å². The zero-order chi connectivity index (χ0) is 17.8. The molecule has 1 amide bonds. The predicted molar refractivity (Wildman–Crippen MR) is 87.3 cm³/mol. The summed E-state index contributed by atoms with van der Waals surface area (Å²) in [5, 5.41) is 2.59. The molecule has 0 aliphatic carbocycles. The second kappa shape index (κ2) is 6.89. The molecular formula is C17H25NO5. The zero-order valence-corrected chi connectivity index (χ0v) is 14.8. The average Bonchev–Trinajstić information content (AvgIpc) is 2.42. The number of hydrogen-bond acceptors (Lipinski definition) is 5. The summed E-state index contributed by atoms with van der Waals surface area (Å²) in [6.45, 7) is 8.52. The fourth-order valence-electron chi connectivity index (χ4n) is 1.95. The first-order valence-electron chi connectivity index (χ1n) is 7.28. The van der Waals surface area contributed by atoms with Crippen LogP contribution in [-0.2, 0) is 4.74 Å². The van der Waals surface area contributed by atoms with Gasteiger partial charge in [-0.05, 0) is 52.8 Å². The minimum absolute atomic E-state index is 0.260. The number of carbonyl (C=O) groups excluding carboxylic acids is 2. The van der Waals surface area contributed by atoms with Crippen molar-refractivity contribution in [2.24, 2.45) is 0 Å². The number of nitrogens with one attached hydrogen (secondary N) is 1. The van der Waals surface area contributed by atoms with Gasteiger partial charge in [-0.15, -0.1) is 0 Å². The van der Waals surface area contributed by atoms with Gasteiger partial charge in [0.05, 0.1) is 14.2 Å². The quantitative estimate of drug-likeness (QED) is 0.842. The molecule has 0 aliphatic rings. The summed E-state index contributed by atoms with van der Waals surface area (Å²) < 4.78 is 15.5. The van der Waals surface area contributed by atoms with Crippen LogP contribution in [0.4, 0.5) is 4.79 Å². The Morgan fingerprint density at radius 3 is 2.00 bits per heavy atom. The van der Waals surface area contributed by atoms with E-state index in [0.29, 0.717) is 17.1 Å². The van der Waals surface area contributed by atoms with Crippen LogP contribution in [0.25, 0.3) is 0 Å². The molecule has 0 spiro atoms. The van der Waals surface area contributed by atoms with E-state index in [1.807, 2.05) is 0 Å². The molecule has 0 fully saturated rings. The van der Waals surface area contributed by atoms with Crippen LogP contribution >= 0.6 is 0 Å². The van der Waals surface area contributed by atoms with Crippen molar-refractivity contribution >= 4 is 11.9 Å². The first-order chi connectivity index (χ1) is 10.5. The lowest BCUT2D eigenvalue weighted by Crippen LogP contribution is -2.51. The molecular weight excluding hydrogens is 298 g/mol. The summed E-state index contributed by atoms with van der Waals surface area (Å²) >= 11 is 0. The molecule has 0 bridgehead atoms. The molecule has 1 rings (SSSR count). The molecule has 6 nitrogen and oxygen atoms in total. The Labute approximate surface area is 137 Å². The van der Waals surface area contributed by atoms with Crippen LogP contribution in [0.3, 0.4) is 0 Å². The molecule has 0 aliphatic heterocycles. The van der Waals surface area contributed by atoms with Crippen LogP contribution < -0.4 is 14.8 Å². The van der Waals surface area contributed by atoms with Crippen molar-refractivity contribution in [3.8, 4) is 11.5 Å². The van der Waals surface area contributed by atoms with E-state index < -0.39 is 17.2 Å². The summed E-state index contributed by atoms with van der Waals surface area (Å²) in [6.07, 6.45) is -0.642. The van der Waals surface area contributed by atoms with E-state index in [1.165, 1.54) is 14.2 Å². The van der Waals surface area contributed by atoms with Gasteiger partial charge in [-0.25, -0.2) is 4.79 Å².